The van der Waals surface area contributed by atoms with Crippen LogP contribution in [0.3, 0.4) is 0 Å². The molecular formula is C15H26N2S. The summed E-state index contributed by atoms with van der Waals surface area (Å²) in [7, 11) is 0. The third kappa shape index (κ3) is 4.38. The van der Waals surface area contributed by atoms with E-state index in [1.807, 2.05) is 11.3 Å². The lowest BCUT2D eigenvalue weighted by Crippen LogP contribution is -2.37. The molecule has 102 valence electrons. The van der Waals surface area contributed by atoms with Gasteiger partial charge in [-0.25, -0.2) is 0 Å². The fourth-order valence-electron chi connectivity index (χ4n) is 2.44. The van der Waals surface area contributed by atoms with Gasteiger partial charge < -0.3 is 5.32 Å². The normalized spacial score (nSPS) is 15.8. The van der Waals surface area contributed by atoms with E-state index < -0.39 is 0 Å². The van der Waals surface area contributed by atoms with Crippen LogP contribution in [0.25, 0.3) is 0 Å². The minimum atomic E-state index is 0.701. The first kappa shape index (κ1) is 14.0. The van der Waals surface area contributed by atoms with Gasteiger partial charge in [-0.05, 0) is 48.1 Å². The molecule has 3 heteroatoms. The van der Waals surface area contributed by atoms with Crippen LogP contribution in [0, 0.1) is 0 Å². The Kier molecular flexibility index (Phi) is 5.67. The third-order valence-corrected chi connectivity index (χ3v) is 4.58. The van der Waals surface area contributed by atoms with Crippen LogP contribution in [0.1, 0.15) is 45.1 Å². The number of nitrogens with zero attached hydrogens (tertiary/aromatic N) is 1. The second-order valence-corrected chi connectivity index (χ2v) is 6.08. The van der Waals surface area contributed by atoms with Crippen molar-refractivity contribution in [3.63, 3.8) is 0 Å². The molecule has 2 rings (SSSR count). The molecular weight excluding hydrogens is 240 g/mol. The lowest BCUT2D eigenvalue weighted by molar-refractivity contribution is 0.249. The summed E-state index contributed by atoms with van der Waals surface area (Å²) < 4.78 is 0. The average molecular weight is 266 g/mol. The fourth-order valence-corrected chi connectivity index (χ4v) is 3.10. The SMILES string of the molecule is CCC(CC)NCCN(Cc1ccsc1)C1CC1. The summed E-state index contributed by atoms with van der Waals surface area (Å²) in [6, 6.07) is 3.81. The van der Waals surface area contributed by atoms with Gasteiger partial charge in [-0.1, -0.05) is 13.8 Å². The van der Waals surface area contributed by atoms with Gasteiger partial charge in [-0.2, -0.15) is 11.3 Å². The summed E-state index contributed by atoms with van der Waals surface area (Å²) in [5.41, 5.74) is 1.48. The summed E-state index contributed by atoms with van der Waals surface area (Å²) in [5, 5.41) is 8.14. The maximum Gasteiger partial charge on any atom is 0.0245 e. The van der Waals surface area contributed by atoms with E-state index in [0.29, 0.717) is 6.04 Å². The third-order valence-electron chi connectivity index (χ3n) is 3.85. The van der Waals surface area contributed by atoms with Gasteiger partial charge >= 0.3 is 0 Å². The zero-order chi connectivity index (χ0) is 12.8. The highest BCUT2D eigenvalue weighted by molar-refractivity contribution is 7.07. The molecule has 0 aromatic carbocycles. The van der Waals surface area contributed by atoms with Crippen LogP contribution < -0.4 is 5.32 Å². The van der Waals surface area contributed by atoms with Crippen molar-refractivity contribution < 1.29 is 0 Å². The Morgan fingerprint density at radius 3 is 2.72 bits per heavy atom. The predicted molar refractivity (Wildman–Crippen MR) is 80.1 cm³/mol. The molecule has 1 aromatic heterocycles. The monoisotopic (exact) mass is 266 g/mol. The Morgan fingerprint density at radius 2 is 2.17 bits per heavy atom. The molecule has 1 aliphatic carbocycles. The maximum atomic E-state index is 3.67. The Hall–Kier alpha value is -0.380. The van der Waals surface area contributed by atoms with Gasteiger partial charge in [0.05, 0.1) is 0 Å². The summed E-state index contributed by atoms with van der Waals surface area (Å²) >= 11 is 1.81. The van der Waals surface area contributed by atoms with Crippen molar-refractivity contribution in [3.8, 4) is 0 Å². The van der Waals surface area contributed by atoms with Gasteiger partial charge in [0.25, 0.3) is 0 Å². The predicted octanol–water partition coefficient (Wildman–Crippen LogP) is 3.49. The number of nitrogens with one attached hydrogen (secondary N) is 1. The molecule has 0 atom stereocenters. The zero-order valence-electron chi connectivity index (χ0n) is 11.7. The number of hydrogen-bond acceptors (Lipinski definition) is 3. The molecule has 0 radical (unpaired) electrons. The van der Waals surface area contributed by atoms with Gasteiger partial charge in [0.1, 0.15) is 0 Å². The lowest BCUT2D eigenvalue weighted by Gasteiger charge is -2.23. The highest BCUT2D eigenvalue weighted by atomic mass is 32.1. The van der Waals surface area contributed by atoms with E-state index in [0.717, 1.165) is 19.1 Å². The zero-order valence-corrected chi connectivity index (χ0v) is 12.5. The van der Waals surface area contributed by atoms with Crippen LogP contribution in [-0.4, -0.2) is 30.1 Å². The van der Waals surface area contributed by atoms with Gasteiger partial charge in [0.2, 0.25) is 0 Å². The van der Waals surface area contributed by atoms with Crippen molar-refractivity contribution in [2.75, 3.05) is 13.1 Å². The largest absolute Gasteiger partial charge is 0.313 e. The van der Waals surface area contributed by atoms with Crippen LogP contribution in [0.4, 0.5) is 0 Å². The van der Waals surface area contributed by atoms with E-state index in [-0.39, 0.29) is 0 Å². The molecule has 0 unspecified atom stereocenters. The summed E-state index contributed by atoms with van der Waals surface area (Å²) in [6.45, 7) is 8.00. The summed E-state index contributed by atoms with van der Waals surface area (Å²) in [6.07, 6.45) is 5.28. The molecule has 18 heavy (non-hydrogen) atoms. The topological polar surface area (TPSA) is 15.3 Å². The first-order valence-electron chi connectivity index (χ1n) is 7.32. The Labute approximate surface area is 115 Å². The van der Waals surface area contributed by atoms with Gasteiger partial charge in [-0.15, -0.1) is 0 Å². The first-order chi connectivity index (χ1) is 8.83. The lowest BCUT2D eigenvalue weighted by atomic mass is 10.2. The second kappa shape index (κ2) is 7.27. The van der Waals surface area contributed by atoms with Crippen molar-refractivity contribution in [1.82, 2.24) is 10.2 Å². The van der Waals surface area contributed by atoms with E-state index >= 15 is 0 Å². The van der Waals surface area contributed by atoms with Crippen molar-refractivity contribution in [3.05, 3.63) is 22.4 Å². The Bertz CT molecular complexity index is 315. The molecule has 0 spiro atoms. The average Bonchev–Trinajstić information content (AvgIpc) is 3.11. The molecule has 1 heterocycles. The molecule has 0 aliphatic heterocycles. The first-order valence-corrected chi connectivity index (χ1v) is 8.26. The molecule has 1 saturated carbocycles. The molecule has 1 fully saturated rings. The molecule has 0 bridgehead atoms. The standard InChI is InChI=1S/C15H26N2S/c1-3-14(4-2)16-8-9-17(15-5-6-15)11-13-7-10-18-12-13/h7,10,12,14-16H,3-6,8-9,11H2,1-2H3. The highest BCUT2D eigenvalue weighted by Gasteiger charge is 2.28. The Balaban J connectivity index is 1.73. The van der Waals surface area contributed by atoms with Crippen LogP contribution in [0.15, 0.2) is 16.8 Å². The summed E-state index contributed by atoms with van der Waals surface area (Å²) in [5.74, 6) is 0. The van der Waals surface area contributed by atoms with Crippen LogP contribution in [0.2, 0.25) is 0 Å². The minimum Gasteiger partial charge on any atom is -0.313 e. The smallest absolute Gasteiger partial charge is 0.0245 e. The molecule has 1 aliphatic rings. The van der Waals surface area contributed by atoms with Crippen molar-refractivity contribution in [2.45, 2.75) is 58.2 Å². The van der Waals surface area contributed by atoms with E-state index in [1.54, 1.807) is 0 Å². The molecule has 0 amide bonds. The van der Waals surface area contributed by atoms with Gasteiger partial charge in [0, 0.05) is 31.7 Å². The molecule has 0 saturated heterocycles. The molecule has 1 aromatic rings. The number of hydrogen-bond donors (Lipinski definition) is 1. The summed E-state index contributed by atoms with van der Waals surface area (Å²) in [4.78, 5) is 2.65. The minimum absolute atomic E-state index is 0.701. The maximum absolute atomic E-state index is 3.67. The van der Waals surface area contributed by atoms with Crippen molar-refractivity contribution in [2.24, 2.45) is 0 Å². The molecule has 1 N–H and O–H groups in total. The van der Waals surface area contributed by atoms with E-state index in [1.165, 1.54) is 37.8 Å². The van der Waals surface area contributed by atoms with Crippen LogP contribution >= 0.6 is 11.3 Å². The van der Waals surface area contributed by atoms with Crippen LogP contribution in [0.5, 0.6) is 0 Å². The Morgan fingerprint density at radius 1 is 1.39 bits per heavy atom. The van der Waals surface area contributed by atoms with Crippen molar-refractivity contribution in [1.29, 1.82) is 0 Å². The molecule has 2 nitrogen and oxygen atoms in total. The van der Waals surface area contributed by atoms with Crippen LogP contribution in [-0.2, 0) is 6.54 Å². The van der Waals surface area contributed by atoms with E-state index in [4.69, 9.17) is 0 Å². The number of thiophene rings is 1. The van der Waals surface area contributed by atoms with E-state index in [2.05, 4.69) is 40.9 Å². The van der Waals surface area contributed by atoms with E-state index in [9.17, 15) is 0 Å². The second-order valence-electron chi connectivity index (χ2n) is 5.30. The number of rotatable bonds is 9. The highest BCUT2D eigenvalue weighted by Crippen LogP contribution is 2.28. The van der Waals surface area contributed by atoms with Gasteiger partial charge in [0.15, 0.2) is 0 Å². The quantitative estimate of drug-likeness (QED) is 0.736. The van der Waals surface area contributed by atoms with Gasteiger partial charge in [-0.3, -0.25) is 4.90 Å². The fraction of sp³-hybridized carbons (Fsp3) is 0.733. The van der Waals surface area contributed by atoms with Crippen molar-refractivity contribution >= 4 is 11.3 Å².